The number of benzene rings is 1. The molecule has 3 rings (SSSR count). The van der Waals surface area contributed by atoms with E-state index in [2.05, 4.69) is 22.7 Å². The van der Waals surface area contributed by atoms with Crippen molar-refractivity contribution in [2.24, 2.45) is 11.0 Å². The monoisotopic (exact) mass is 284 g/mol. The average molecular weight is 284 g/mol. The van der Waals surface area contributed by atoms with Gasteiger partial charge in [0, 0.05) is 10.8 Å². The number of amides is 1. The van der Waals surface area contributed by atoms with Crippen molar-refractivity contribution < 1.29 is 4.79 Å². The first kappa shape index (κ1) is 13.1. The zero-order chi connectivity index (χ0) is 13.9. The van der Waals surface area contributed by atoms with Crippen LogP contribution in [0.4, 0.5) is 0 Å². The van der Waals surface area contributed by atoms with E-state index in [9.17, 15) is 4.79 Å². The third-order valence-electron chi connectivity index (χ3n) is 3.57. The molecule has 1 heterocycles. The minimum absolute atomic E-state index is 0.0229. The van der Waals surface area contributed by atoms with E-state index in [0.717, 1.165) is 17.0 Å². The second-order valence-corrected chi connectivity index (χ2v) is 5.96. The fourth-order valence-electron chi connectivity index (χ4n) is 2.31. The SMILES string of the molecule is CC(=NNC(=O)[C@H]1C[C@H]1c1ccccc1)c1cccs1. The lowest BCUT2D eigenvalue weighted by Gasteiger charge is -2.01. The van der Waals surface area contributed by atoms with E-state index < -0.39 is 0 Å². The van der Waals surface area contributed by atoms with Crippen molar-refractivity contribution in [2.45, 2.75) is 19.3 Å². The van der Waals surface area contributed by atoms with Crippen LogP contribution in [0.5, 0.6) is 0 Å². The van der Waals surface area contributed by atoms with Crippen LogP contribution in [0.1, 0.15) is 29.7 Å². The van der Waals surface area contributed by atoms with E-state index in [4.69, 9.17) is 0 Å². The summed E-state index contributed by atoms with van der Waals surface area (Å²) in [6.07, 6.45) is 0.920. The predicted molar refractivity (Wildman–Crippen MR) is 82.0 cm³/mol. The van der Waals surface area contributed by atoms with E-state index in [1.54, 1.807) is 11.3 Å². The van der Waals surface area contributed by atoms with Gasteiger partial charge in [-0.3, -0.25) is 4.79 Å². The number of nitrogens with zero attached hydrogens (tertiary/aromatic N) is 1. The summed E-state index contributed by atoms with van der Waals surface area (Å²) in [7, 11) is 0. The number of thiophene rings is 1. The van der Waals surface area contributed by atoms with Crippen LogP contribution in [0.2, 0.25) is 0 Å². The number of hydrogen-bond donors (Lipinski definition) is 1. The van der Waals surface area contributed by atoms with Crippen molar-refractivity contribution in [3.05, 3.63) is 58.3 Å². The number of nitrogens with one attached hydrogen (secondary N) is 1. The Morgan fingerprint density at radius 2 is 2.05 bits per heavy atom. The largest absolute Gasteiger partial charge is 0.273 e. The molecule has 1 aliphatic rings. The van der Waals surface area contributed by atoms with Gasteiger partial charge in [0.1, 0.15) is 0 Å². The highest BCUT2D eigenvalue weighted by atomic mass is 32.1. The van der Waals surface area contributed by atoms with Crippen molar-refractivity contribution >= 4 is 23.0 Å². The van der Waals surface area contributed by atoms with Crippen molar-refractivity contribution in [2.75, 3.05) is 0 Å². The second-order valence-electron chi connectivity index (χ2n) is 5.01. The van der Waals surface area contributed by atoms with E-state index in [-0.39, 0.29) is 11.8 Å². The van der Waals surface area contributed by atoms with Gasteiger partial charge in [-0.05, 0) is 36.3 Å². The van der Waals surface area contributed by atoms with E-state index in [0.29, 0.717) is 5.92 Å². The summed E-state index contributed by atoms with van der Waals surface area (Å²) in [5, 5.41) is 6.19. The molecule has 1 N–H and O–H groups in total. The van der Waals surface area contributed by atoms with Crippen molar-refractivity contribution in [3.63, 3.8) is 0 Å². The molecule has 1 saturated carbocycles. The molecule has 4 heteroatoms. The Bertz CT molecular complexity index is 619. The van der Waals surface area contributed by atoms with Gasteiger partial charge >= 0.3 is 0 Å². The summed E-state index contributed by atoms with van der Waals surface area (Å²) in [6.45, 7) is 1.91. The Morgan fingerprint density at radius 1 is 1.25 bits per heavy atom. The third kappa shape index (κ3) is 2.80. The van der Waals surface area contributed by atoms with Crippen molar-refractivity contribution in [1.82, 2.24) is 5.43 Å². The van der Waals surface area contributed by atoms with Gasteiger partial charge in [-0.2, -0.15) is 5.10 Å². The Balaban J connectivity index is 1.58. The van der Waals surface area contributed by atoms with Gasteiger partial charge in [-0.25, -0.2) is 5.43 Å². The summed E-state index contributed by atoms with van der Waals surface area (Å²) in [5.41, 5.74) is 4.78. The van der Waals surface area contributed by atoms with Crippen molar-refractivity contribution in [3.8, 4) is 0 Å². The fraction of sp³-hybridized carbons (Fsp3) is 0.250. The van der Waals surface area contributed by atoms with Gasteiger partial charge in [-0.1, -0.05) is 36.4 Å². The van der Waals surface area contributed by atoms with Crippen LogP contribution in [0.25, 0.3) is 0 Å². The normalized spacial score (nSPS) is 21.6. The van der Waals surface area contributed by atoms with Crippen molar-refractivity contribution in [1.29, 1.82) is 0 Å². The third-order valence-corrected chi connectivity index (χ3v) is 4.55. The highest BCUT2D eigenvalue weighted by Gasteiger charge is 2.43. The molecule has 0 radical (unpaired) electrons. The molecule has 2 aromatic rings. The molecule has 1 aliphatic carbocycles. The minimum Gasteiger partial charge on any atom is -0.273 e. The lowest BCUT2D eigenvalue weighted by atomic mass is 10.1. The number of carbonyl (C=O) groups is 1. The highest BCUT2D eigenvalue weighted by molar-refractivity contribution is 7.12. The minimum atomic E-state index is 0.0229. The molecule has 1 amide bonds. The molecule has 20 heavy (non-hydrogen) atoms. The quantitative estimate of drug-likeness (QED) is 0.678. The smallest absolute Gasteiger partial charge is 0.243 e. The maximum Gasteiger partial charge on any atom is 0.243 e. The maximum absolute atomic E-state index is 12.0. The van der Waals surface area contributed by atoms with Crippen LogP contribution >= 0.6 is 11.3 Å². The first-order valence-corrected chi connectivity index (χ1v) is 7.56. The molecule has 2 atom stereocenters. The Hall–Kier alpha value is -1.94. The second kappa shape index (κ2) is 5.59. The molecule has 1 aromatic carbocycles. The van der Waals surface area contributed by atoms with Crippen LogP contribution < -0.4 is 5.43 Å². The van der Waals surface area contributed by atoms with E-state index in [1.165, 1.54) is 5.56 Å². The molecule has 1 fully saturated rings. The van der Waals surface area contributed by atoms with Crippen LogP contribution in [0, 0.1) is 5.92 Å². The number of rotatable bonds is 4. The molecular formula is C16H16N2OS. The van der Waals surface area contributed by atoms with Crippen LogP contribution in [0.3, 0.4) is 0 Å². The van der Waals surface area contributed by atoms with Crippen LogP contribution in [-0.4, -0.2) is 11.6 Å². The molecule has 0 bridgehead atoms. The number of hydrazone groups is 1. The van der Waals surface area contributed by atoms with Gasteiger partial charge in [0.25, 0.3) is 0 Å². The lowest BCUT2D eigenvalue weighted by molar-refractivity contribution is -0.122. The Kier molecular flexibility index (Phi) is 3.65. The Morgan fingerprint density at radius 3 is 2.75 bits per heavy atom. The van der Waals surface area contributed by atoms with E-state index >= 15 is 0 Å². The highest BCUT2D eigenvalue weighted by Crippen LogP contribution is 2.47. The van der Waals surface area contributed by atoms with Gasteiger partial charge in [0.05, 0.1) is 5.71 Å². The summed E-state index contributed by atoms with van der Waals surface area (Å²) < 4.78 is 0. The Labute approximate surface area is 122 Å². The maximum atomic E-state index is 12.0. The number of carbonyl (C=O) groups excluding carboxylic acids is 1. The van der Waals surface area contributed by atoms with Gasteiger partial charge < -0.3 is 0 Å². The zero-order valence-corrected chi connectivity index (χ0v) is 12.1. The molecule has 0 aliphatic heterocycles. The average Bonchev–Trinajstić information content (AvgIpc) is 3.10. The molecule has 3 nitrogen and oxygen atoms in total. The molecular weight excluding hydrogens is 268 g/mol. The zero-order valence-electron chi connectivity index (χ0n) is 11.2. The summed E-state index contributed by atoms with van der Waals surface area (Å²) in [6, 6.07) is 14.2. The predicted octanol–water partition coefficient (Wildman–Crippen LogP) is 3.39. The fourth-order valence-corrected chi connectivity index (χ4v) is 2.99. The molecule has 1 aromatic heterocycles. The summed E-state index contributed by atoms with van der Waals surface area (Å²) in [5.74, 6) is 0.445. The van der Waals surface area contributed by atoms with Crippen LogP contribution in [0.15, 0.2) is 52.9 Å². The first-order valence-electron chi connectivity index (χ1n) is 6.68. The summed E-state index contributed by atoms with van der Waals surface area (Å²) in [4.78, 5) is 13.1. The standard InChI is InChI=1S/C16H16N2OS/c1-11(15-8-5-9-20-15)17-18-16(19)14-10-13(14)12-6-3-2-4-7-12/h2-9,13-14H,10H2,1H3,(H,18,19)/t13-,14-/m0/s1. The molecule has 0 unspecified atom stereocenters. The lowest BCUT2D eigenvalue weighted by Crippen LogP contribution is -2.21. The van der Waals surface area contributed by atoms with Gasteiger partial charge in [0.2, 0.25) is 5.91 Å². The topological polar surface area (TPSA) is 41.5 Å². The molecule has 0 saturated heterocycles. The van der Waals surface area contributed by atoms with Gasteiger partial charge in [0.15, 0.2) is 0 Å². The van der Waals surface area contributed by atoms with E-state index in [1.807, 2.05) is 42.6 Å². The van der Waals surface area contributed by atoms with Gasteiger partial charge in [-0.15, -0.1) is 11.3 Å². The van der Waals surface area contributed by atoms with Crippen LogP contribution in [-0.2, 0) is 4.79 Å². The first-order chi connectivity index (χ1) is 9.75. The molecule has 0 spiro atoms. The number of hydrogen-bond acceptors (Lipinski definition) is 3. The molecule has 102 valence electrons. The summed E-state index contributed by atoms with van der Waals surface area (Å²) >= 11 is 1.62.